The van der Waals surface area contributed by atoms with Crippen molar-refractivity contribution in [2.24, 2.45) is 10.5 Å². The average Bonchev–Trinajstić information content (AvgIpc) is 2.74. The van der Waals surface area contributed by atoms with Crippen molar-refractivity contribution in [3.63, 3.8) is 0 Å². The van der Waals surface area contributed by atoms with E-state index in [-0.39, 0.29) is 11.5 Å². The molecule has 0 fully saturated rings. The predicted octanol–water partition coefficient (Wildman–Crippen LogP) is 3.22. The molecule has 1 unspecified atom stereocenters. The van der Waals surface area contributed by atoms with Gasteiger partial charge in [-0.1, -0.05) is 25.0 Å². The van der Waals surface area contributed by atoms with E-state index in [0.717, 1.165) is 18.5 Å². The van der Waals surface area contributed by atoms with Gasteiger partial charge in [-0.15, -0.1) is 0 Å². The number of imidazole rings is 1. The van der Waals surface area contributed by atoms with Crippen LogP contribution >= 0.6 is 0 Å². The van der Waals surface area contributed by atoms with Crippen LogP contribution in [0.2, 0.25) is 0 Å². The van der Waals surface area contributed by atoms with E-state index in [1.165, 1.54) is 0 Å². The van der Waals surface area contributed by atoms with Gasteiger partial charge in [0.1, 0.15) is 0 Å². The molecule has 1 aromatic heterocycles. The highest BCUT2D eigenvalue weighted by atomic mass is 15.2. The maximum Gasteiger partial charge on any atom is 0.0989 e. The van der Waals surface area contributed by atoms with Crippen molar-refractivity contribution in [1.29, 1.82) is 0 Å². The van der Waals surface area contributed by atoms with Crippen LogP contribution in [0.25, 0.3) is 16.1 Å². The molecular weight excluding hydrogens is 202 g/mol. The molecule has 1 atom stereocenters. The Morgan fingerprint density at radius 2 is 2.44 bits per heavy atom. The van der Waals surface area contributed by atoms with Gasteiger partial charge in [0.15, 0.2) is 0 Å². The van der Waals surface area contributed by atoms with Gasteiger partial charge in [0.2, 0.25) is 0 Å². The first kappa shape index (κ1) is 10.8. The summed E-state index contributed by atoms with van der Waals surface area (Å²) < 4.78 is 1.98. The van der Waals surface area contributed by atoms with Crippen molar-refractivity contribution >= 4 is 5.70 Å². The van der Waals surface area contributed by atoms with Crippen molar-refractivity contribution < 1.29 is 0 Å². The SMILES string of the molecule is CC1(C)CCC(n2ccnc2)=CC1N=[N+]=[N-]. The number of nitrogens with zero attached hydrogens (tertiary/aromatic N) is 5. The Kier molecular flexibility index (Phi) is 2.71. The lowest BCUT2D eigenvalue weighted by atomic mass is 9.76. The zero-order valence-corrected chi connectivity index (χ0v) is 9.54. The van der Waals surface area contributed by atoms with Crippen molar-refractivity contribution in [2.45, 2.75) is 32.7 Å². The van der Waals surface area contributed by atoms with Crippen molar-refractivity contribution in [3.05, 3.63) is 35.2 Å². The summed E-state index contributed by atoms with van der Waals surface area (Å²) in [6.07, 6.45) is 9.49. The van der Waals surface area contributed by atoms with Gasteiger partial charge in [-0.2, -0.15) is 0 Å². The number of hydrogen-bond donors (Lipinski definition) is 0. The summed E-state index contributed by atoms with van der Waals surface area (Å²) in [6, 6.07) is -0.0800. The zero-order chi connectivity index (χ0) is 11.6. The van der Waals surface area contributed by atoms with E-state index in [0.29, 0.717) is 0 Å². The summed E-state index contributed by atoms with van der Waals surface area (Å²) in [4.78, 5) is 6.95. The Bertz CT molecular complexity index is 437. The quantitative estimate of drug-likeness (QED) is 0.426. The lowest BCUT2D eigenvalue weighted by Crippen LogP contribution is -2.29. The second kappa shape index (κ2) is 4.02. The van der Waals surface area contributed by atoms with E-state index in [4.69, 9.17) is 5.53 Å². The molecule has 5 heteroatoms. The summed E-state index contributed by atoms with van der Waals surface area (Å²) in [6.45, 7) is 4.26. The summed E-state index contributed by atoms with van der Waals surface area (Å²) >= 11 is 0. The van der Waals surface area contributed by atoms with Gasteiger partial charge in [-0.05, 0) is 23.8 Å². The largest absolute Gasteiger partial charge is 0.310 e. The van der Waals surface area contributed by atoms with Crippen LogP contribution in [-0.4, -0.2) is 15.6 Å². The molecule has 84 valence electrons. The zero-order valence-electron chi connectivity index (χ0n) is 9.54. The van der Waals surface area contributed by atoms with Gasteiger partial charge in [0.25, 0.3) is 0 Å². The molecule has 0 amide bonds. The molecule has 5 nitrogen and oxygen atoms in total. The van der Waals surface area contributed by atoms with E-state index in [1.807, 2.05) is 16.8 Å². The molecule has 0 bridgehead atoms. The van der Waals surface area contributed by atoms with Crippen molar-refractivity contribution in [3.8, 4) is 0 Å². The lowest BCUT2D eigenvalue weighted by molar-refractivity contribution is 0.289. The normalized spacial score (nSPS) is 23.4. The monoisotopic (exact) mass is 217 g/mol. The lowest BCUT2D eigenvalue weighted by Gasteiger charge is -2.34. The molecule has 0 saturated carbocycles. The van der Waals surface area contributed by atoms with Crippen LogP contribution in [0.4, 0.5) is 0 Å². The Balaban J connectivity index is 2.33. The third-order valence-electron chi connectivity index (χ3n) is 3.19. The molecule has 1 aliphatic carbocycles. The van der Waals surface area contributed by atoms with Crippen molar-refractivity contribution in [1.82, 2.24) is 9.55 Å². The molecule has 0 saturated heterocycles. The third-order valence-corrected chi connectivity index (χ3v) is 3.19. The number of aromatic nitrogens is 2. The van der Waals surface area contributed by atoms with Gasteiger partial charge in [-0.25, -0.2) is 4.98 Å². The fraction of sp³-hybridized carbons (Fsp3) is 0.545. The molecule has 1 aromatic rings. The predicted molar refractivity (Wildman–Crippen MR) is 62.4 cm³/mol. The topological polar surface area (TPSA) is 66.6 Å². The van der Waals surface area contributed by atoms with Crippen LogP contribution in [-0.2, 0) is 0 Å². The molecule has 0 spiro atoms. The van der Waals surface area contributed by atoms with Crippen LogP contribution < -0.4 is 0 Å². The highest BCUT2D eigenvalue weighted by Crippen LogP contribution is 2.38. The maximum absolute atomic E-state index is 8.58. The highest BCUT2D eigenvalue weighted by molar-refractivity contribution is 5.48. The fourth-order valence-electron chi connectivity index (χ4n) is 1.98. The maximum atomic E-state index is 8.58. The molecule has 1 aliphatic rings. The second-order valence-electron chi connectivity index (χ2n) is 4.77. The molecule has 2 rings (SSSR count). The smallest absolute Gasteiger partial charge is 0.0989 e. The average molecular weight is 217 g/mol. The van der Waals surface area contributed by atoms with Crippen LogP contribution in [0.3, 0.4) is 0 Å². The van der Waals surface area contributed by atoms with E-state index in [9.17, 15) is 0 Å². The first-order valence-corrected chi connectivity index (χ1v) is 5.37. The van der Waals surface area contributed by atoms with E-state index >= 15 is 0 Å². The minimum Gasteiger partial charge on any atom is -0.310 e. The molecule has 0 N–H and O–H groups in total. The van der Waals surface area contributed by atoms with Crippen LogP contribution in [0, 0.1) is 5.41 Å². The number of allylic oxidation sites excluding steroid dienone is 1. The van der Waals surface area contributed by atoms with Gasteiger partial charge in [0, 0.05) is 23.0 Å². The molecule has 0 aromatic carbocycles. The third kappa shape index (κ3) is 1.95. The Hall–Kier alpha value is -1.74. The molecule has 1 heterocycles. The number of azide groups is 1. The summed E-state index contributed by atoms with van der Waals surface area (Å²) in [5.74, 6) is 0. The Morgan fingerprint density at radius 3 is 3.06 bits per heavy atom. The van der Waals surface area contributed by atoms with E-state index < -0.39 is 0 Å². The number of hydrogen-bond acceptors (Lipinski definition) is 2. The first-order chi connectivity index (χ1) is 7.63. The Morgan fingerprint density at radius 1 is 1.62 bits per heavy atom. The minimum atomic E-state index is -0.0800. The minimum absolute atomic E-state index is 0.0380. The molecule has 16 heavy (non-hydrogen) atoms. The summed E-state index contributed by atoms with van der Waals surface area (Å²) in [7, 11) is 0. The highest BCUT2D eigenvalue weighted by Gasteiger charge is 2.31. The van der Waals surface area contributed by atoms with Crippen LogP contribution in [0.15, 0.2) is 29.9 Å². The standard InChI is InChI=1S/C11H15N5/c1-11(2)4-3-9(7-10(11)14-15-12)16-6-5-13-8-16/h5-8,10H,3-4H2,1-2H3. The van der Waals surface area contributed by atoms with Crippen LogP contribution in [0.1, 0.15) is 26.7 Å². The van der Waals surface area contributed by atoms with Gasteiger partial charge >= 0.3 is 0 Å². The summed E-state index contributed by atoms with van der Waals surface area (Å²) in [5, 5.41) is 3.87. The molecular formula is C11H15N5. The fourth-order valence-corrected chi connectivity index (χ4v) is 1.98. The van der Waals surface area contributed by atoms with Gasteiger partial charge < -0.3 is 4.57 Å². The second-order valence-corrected chi connectivity index (χ2v) is 4.77. The van der Waals surface area contributed by atoms with Crippen molar-refractivity contribution in [2.75, 3.05) is 0 Å². The first-order valence-electron chi connectivity index (χ1n) is 5.37. The molecule has 0 radical (unpaired) electrons. The number of rotatable bonds is 2. The Labute approximate surface area is 94.4 Å². The van der Waals surface area contributed by atoms with E-state index in [1.54, 1.807) is 12.5 Å². The van der Waals surface area contributed by atoms with Gasteiger partial charge in [0.05, 0.1) is 12.4 Å². The summed E-state index contributed by atoms with van der Waals surface area (Å²) in [5.41, 5.74) is 9.78. The molecule has 0 aliphatic heterocycles. The van der Waals surface area contributed by atoms with Gasteiger partial charge in [-0.3, -0.25) is 0 Å². The van der Waals surface area contributed by atoms with E-state index in [2.05, 4.69) is 28.9 Å². The van der Waals surface area contributed by atoms with Crippen LogP contribution in [0.5, 0.6) is 0 Å².